The van der Waals surface area contributed by atoms with Crippen LogP contribution in [0.4, 0.5) is 0 Å². The number of rotatable bonds is 1. The third-order valence-electron chi connectivity index (χ3n) is 4.15. The summed E-state index contributed by atoms with van der Waals surface area (Å²) in [5.41, 5.74) is 1.33. The van der Waals surface area contributed by atoms with Crippen molar-refractivity contribution >= 4 is 0 Å². The van der Waals surface area contributed by atoms with Gasteiger partial charge in [0.25, 0.3) is 0 Å². The summed E-state index contributed by atoms with van der Waals surface area (Å²) in [6.45, 7) is 8.96. The highest BCUT2D eigenvalue weighted by Gasteiger charge is 2.46. The predicted molar refractivity (Wildman–Crippen MR) is 76.6 cm³/mol. The molecule has 0 radical (unpaired) electrons. The molecule has 1 aliphatic rings. The Morgan fingerprint density at radius 3 is 2.22 bits per heavy atom. The second-order valence-corrected chi connectivity index (χ2v) is 6.20. The zero-order chi connectivity index (χ0) is 13.4. The van der Waals surface area contributed by atoms with Gasteiger partial charge in [-0.05, 0) is 29.0 Å². The van der Waals surface area contributed by atoms with E-state index in [0.29, 0.717) is 5.76 Å². The lowest BCUT2D eigenvalue weighted by molar-refractivity contribution is 0.183. The lowest BCUT2D eigenvalue weighted by atomic mass is 9.55. The molecule has 0 saturated carbocycles. The Kier molecular flexibility index (Phi) is 3.10. The Balaban J connectivity index is 2.61. The van der Waals surface area contributed by atoms with Crippen LogP contribution in [0.15, 0.2) is 54.3 Å². The van der Waals surface area contributed by atoms with Crippen LogP contribution in [0.3, 0.4) is 0 Å². The van der Waals surface area contributed by atoms with E-state index in [-0.39, 0.29) is 16.7 Å². The minimum absolute atomic E-state index is 0.0690. The smallest absolute Gasteiger partial charge is 0.111 e. The molecule has 0 fully saturated rings. The fraction of sp³-hybridized carbons (Fsp3) is 0.412. The molecule has 0 spiro atoms. The summed E-state index contributed by atoms with van der Waals surface area (Å²) in [7, 11) is 0. The summed E-state index contributed by atoms with van der Waals surface area (Å²) in [5, 5.41) is 9.70. The number of allylic oxidation sites excluding steroid dienone is 3. The minimum atomic E-state index is -0.0690. The van der Waals surface area contributed by atoms with Gasteiger partial charge in [-0.25, -0.2) is 0 Å². The molecule has 0 bridgehead atoms. The van der Waals surface area contributed by atoms with Crippen LogP contribution in [0.5, 0.6) is 0 Å². The van der Waals surface area contributed by atoms with E-state index in [2.05, 4.69) is 58.0 Å². The third-order valence-corrected chi connectivity index (χ3v) is 4.15. The highest BCUT2D eigenvalue weighted by Crippen LogP contribution is 2.50. The molecule has 0 amide bonds. The Morgan fingerprint density at radius 2 is 1.72 bits per heavy atom. The Bertz CT molecular complexity index is 476. The van der Waals surface area contributed by atoms with Crippen molar-refractivity contribution < 1.29 is 5.11 Å². The first-order chi connectivity index (χ1) is 8.38. The Hall–Kier alpha value is -1.50. The molecule has 2 atom stereocenters. The predicted octanol–water partition coefficient (Wildman–Crippen LogP) is 4.62. The molecule has 1 aliphatic carbocycles. The van der Waals surface area contributed by atoms with Crippen LogP contribution < -0.4 is 0 Å². The van der Waals surface area contributed by atoms with Crippen molar-refractivity contribution in [2.75, 3.05) is 0 Å². The number of hydrogen-bond donors (Lipinski definition) is 1. The van der Waals surface area contributed by atoms with E-state index >= 15 is 0 Å². The van der Waals surface area contributed by atoms with Crippen LogP contribution in [0.1, 0.15) is 33.3 Å². The van der Waals surface area contributed by atoms with Gasteiger partial charge in [-0.3, -0.25) is 0 Å². The molecule has 2 unspecified atom stereocenters. The zero-order valence-corrected chi connectivity index (χ0v) is 11.6. The van der Waals surface area contributed by atoms with Gasteiger partial charge in [0.1, 0.15) is 5.76 Å². The van der Waals surface area contributed by atoms with Crippen LogP contribution in [-0.2, 0) is 5.41 Å². The fourth-order valence-electron chi connectivity index (χ4n) is 3.25. The molecule has 1 aromatic carbocycles. The molecule has 1 heteroatoms. The van der Waals surface area contributed by atoms with E-state index in [0.717, 1.165) is 0 Å². The molecule has 18 heavy (non-hydrogen) atoms. The molecule has 1 N–H and O–H groups in total. The molecule has 2 rings (SSSR count). The first-order valence-electron chi connectivity index (χ1n) is 6.53. The topological polar surface area (TPSA) is 20.2 Å². The first kappa shape index (κ1) is 12.9. The average molecular weight is 242 g/mol. The summed E-state index contributed by atoms with van der Waals surface area (Å²) in [4.78, 5) is 0. The van der Waals surface area contributed by atoms with Crippen molar-refractivity contribution in [3.05, 3.63) is 59.9 Å². The van der Waals surface area contributed by atoms with E-state index < -0.39 is 0 Å². The van der Waals surface area contributed by atoms with Crippen LogP contribution in [0.2, 0.25) is 0 Å². The van der Waals surface area contributed by atoms with Crippen LogP contribution in [-0.4, -0.2) is 5.11 Å². The van der Waals surface area contributed by atoms with E-state index in [1.807, 2.05) is 18.2 Å². The molecule has 0 heterocycles. The maximum atomic E-state index is 9.70. The number of hydrogen-bond acceptors (Lipinski definition) is 1. The van der Waals surface area contributed by atoms with Crippen LogP contribution in [0, 0.1) is 11.3 Å². The van der Waals surface area contributed by atoms with Crippen molar-refractivity contribution in [1.82, 2.24) is 0 Å². The number of aliphatic hydroxyl groups is 1. The SMILES string of the molecule is CC1C=C(O)C=CC1(c1ccccc1)C(C)(C)C. The van der Waals surface area contributed by atoms with Crippen LogP contribution in [0.25, 0.3) is 0 Å². The Morgan fingerprint density at radius 1 is 1.11 bits per heavy atom. The molecule has 0 aromatic heterocycles. The minimum Gasteiger partial charge on any atom is -0.508 e. The fourth-order valence-corrected chi connectivity index (χ4v) is 3.25. The van der Waals surface area contributed by atoms with Crippen molar-refractivity contribution in [3.8, 4) is 0 Å². The largest absolute Gasteiger partial charge is 0.508 e. The van der Waals surface area contributed by atoms with Crippen LogP contribution >= 0.6 is 0 Å². The summed E-state index contributed by atoms with van der Waals surface area (Å²) in [6, 6.07) is 10.6. The van der Waals surface area contributed by atoms with Crippen molar-refractivity contribution in [2.24, 2.45) is 11.3 Å². The standard InChI is InChI=1S/C17H22O/c1-13-12-15(18)10-11-17(13,16(2,3)4)14-8-6-5-7-9-14/h5-13,18H,1-4H3. The quantitative estimate of drug-likeness (QED) is 0.762. The van der Waals surface area contributed by atoms with Crippen molar-refractivity contribution in [1.29, 1.82) is 0 Å². The first-order valence-corrected chi connectivity index (χ1v) is 6.53. The second-order valence-electron chi connectivity index (χ2n) is 6.20. The number of aliphatic hydroxyl groups excluding tert-OH is 1. The third kappa shape index (κ3) is 1.88. The maximum Gasteiger partial charge on any atom is 0.111 e. The molecule has 96 valence electrons. The van der Waals surface area contributed by atoms with E-state index in [1.165, 1.54) is 5.56 Å². The van der Waals surface area contributed by atoms with E-state index in [4.69, 9.17) is 0 Å². The highest BCUT2D eigenvalue weighted by molar-refractivity contribution is 5.41. The van der Waals surface area contributed by atoms with Gasteiger partial charge in [0, 0.05) is 5.41 Å². The lowest BCUT2D eigenvalue weighted by Gasteiger charge is -2.48. The molecular formula is C17H22O. The second kappa shape index (κ2) is 4.31. The summed E-state index contributed by atoms with van der Waals surface area (Å²) in [6.07, 6.45) is 5.96. The van der Waals surface area contributed by atoms with Crippen molar-refractivity contribution in [2.45, 2.75) is 33.1 Å². The Labute approximate surface area is 110 Å². The van der Waals surface area contributed by atoms with Gasteiger partial charge >= 0.3 is 0 Å². The van der Waals surface area contributed by atoms with Gasteiger partial charge in [-0.1, -0.05) is 64.1 Å². The molecule has 0 aliphatic heterocycles. The van der Waals surface area contributed by atoms with Gasteiger partial charge in [0.05, 0.1) is 0 Å². The average Bonchev–Trinajstić information content (AvgIpc) is 2.28. The molecule has 0 saturated heterocycles. The summed E-state index contributed by atoms with van der Waals surface area (Å²) >= 11 is 0. The zero-order valence-electron chi connectivity index (χ0n) is 11.6. The monoisotopic (exact) mass is 242 g/mol. The van der Waals surface area contributed by atoms with Gasteiger partial charge in [0.2, 0.25) is 0 Å². The lowest BCUT2D eigenvalue weighted by Crippen LogP contribution is -2.44. The normalized spacial score (nSPS) is 28.0. The van der Waals surface area contributed by atoms with E-state index in [1.54, 1.807) is 0 Å². The highest BCUT2D eigenvalue weighted by atomic mass is 16.3. The molecular weight excluding hydrogens is 220 g/mol. The maximum absolute atomic E-state index is 9.70. The molecule has 1 nitrogen and oxygen atoms in total. The summed E-state index contributed by atoms with van der Waals surface area (Å²) < 4.78 is 0. The van der Waals surface area contributed by atoms with Gasteiger partial charge in [0.15, 0.2) is 0 Å². The number of benzene rings is 1. The van der Waals surface area contributed by atoms with Gasteiger partial charge in [-0.15, -0.1) is 0 Å². The van der Waals surface area contributed by atoms with Crippen molar-refractivity contribution in [3.63, 3.8) is 0 Å². The summed E-state index contributed by atoms with van der Waals surface area (Å²) in [5.74, 6) is 0.642. The van der Waals surface area contributed by atoms with E-state index in [9.17, 15) is 5.11 Å². The van der Waals surface area contributed by atoms with Gasteiger partial charge < -0.3 is 5.11 Å². The van der Waals surface area contributed by atoms with Gasteiger partial charge in [-0.2, -0.15) is 0 Å². The molecule has 1 aromatic rings.